The minimum Gasteiger partial charge on any atom is -0.545 e. The molecule has 0 amide bonds. The number of ether oxygens (including phenoxy) is 2. The zero-order chi connectivity index (χ0) is 27.0. The van der Waals surface area contributed by atoms with Gasteiger partial charge >= 0.3 is 0 Å². The summed E-state index contributed by atoms with van der Waals surface area (Å²) in [5, 5.41) is 11.8. The predicted octanol–water partition coefficient (Wildman–Crippen LogP) is 8.47. The summed E-state index contributed by atoms with van der Waals surface area (Å²) in [4.78, 5) is 11.8. The molecule has 0 atom stereocenters. The molecular formula is C34H43O4-. The van der Waals surface area contributed by atoms with E-state index in [2.05, 4.69) is 26.0 Å². The Balaban J connectivity index is 1.59. The number of carbonyl (C=O) groups excluding carboxylic acids is 1. The number of aromatic carboxylic acids is 1. The monoisotopic (exact) mass is 515 g/mol. The van der Waals surface area contributed by atoms with Crippen molar-refractivity contribution in [1.29, 1.82) is 0 Å². The molecule has 0 unspecified atom stereocenters. The van der Waals surface area contributed by atoms with Gasteiger partial charge in [-0.15, -0.1) is 0 Å². The summed E-state index contributed by atoms with van der Waals surface area (Å²) < 4.78 is 11.8. The first kappa shape index (κ1) is 29.3. The van der Waals surface area contributed by atoms with E-state index in [9.17, 15) is 9.90 Å². The summed E-state index contributed by atoms with van der Waals surface area (Å²) in [5.74, 6) is 0.382. The number of carbonyl (C=O) groups is 1. The Bertz CT molecular complexity index is 1090. The molecule has 0 radical (unpaired) electrons. The Morgan fingerprint density at radius 3 is 1.58 bits per heavy atom. The van der Waals surface area contributed by atoms with Crippen molar-refractivity contribution in [2.75, 3.05) is 13.2 Å². The van der Waals surface area contributed by atoms with E-state index in [0.717, 1.165) is 48.3 Å². The molecule has 0 bridgehead atoms. The first-order valence-corrected chi connectivity index (χ1v) is 14.4. The van der Waals surface area contributed by atoms with Crippen molar-refractivity contribution in [3.63, 3.8) is 0 Å². The Labute approximate surface area is 229 Å². The molecule has 0 saturated heterocycles. The smallest absolute Gasteiger partial charge is 0.119 e. The first-order chi connectivity index (χ1) is 18.6. The van der Waals surface area contributed by atoms with E-state index < -0.39 is 5.97 Å². The highest BCUT2D eigenvalue weighted by Crippen LogP contribution is 2.31. The fourth-order valence-corrected chi connectivity index (χ4v) is 4.58. The van der Waals surface area contributed by atoms with Crippen molar-refractivity contribution in [2.24, 2.45) is 0 Å². The van der Waals surface area contributed by atoms with E-state index in [1.54, 1.807) is 12.1 Å². The lowest BCUT2D eigenvalue weighted by molar-refractivity contribution is -0.254. The van der Waals surface area contributed by atoms with Crippen molar-refractivity contribution < 1.29 is 19.4 Å². The standard InChI is InChI=1S/C34H44O4/c1-3-5-7-9-11-13-24-37-30-20-18-28(19-21-30)27-14-16-29(17-15-27)33-26-31(22-23-32(33)34(35)36)38-25-12-10-8-6-4-2/h14-23,26H,3-13,24-25H2,1-2H3,(H,35,36)/p-1. The van der Waals surface area contributed by atoms with Crippen LogP contribution in [0.15, 0.2) is 66.7 Å². The van der Waals surface area contributed by atoms with Gasteiger partial charge in [0.2, 0.25) is 0 Å². The summed E-state index contributed by atoms with van der Waals surface area (Å²) in [7, 11) is 0. The Morgan fingerprint density at radius 2 is 1.03 bits per heavy atom. The third-order valence-corrected chi connectivity index (χ3v) is 6.88. The van der Waals surface area contributed by atoms with Gasteiger partial charge in [0.15, 0.2) is 0 Å². The normalized spacial score (nSPS) is 10.9. The summed E-state index contributed by atoms with van der Waals surface area (Å²) in [6, 6.07) is 21.2. The lowest BCUT2D eigenvalue weighted by Gasteiger charge is -2.14. The molecule has 0 aliphatic carbocycles. The van der Waals surface area contributed by atoms with Crippen molar-refractivity contribution in [3.8, 4) is 33.8 Å². The molecular weight excluding hydrogens is 472 g/mol. The number of benzene rings is 3. The number of carboxylic acid groups (broad SMARTS) is 1. The highest BCUT2D eigenvalue weighted by molar-refractivity contribution is 5.95. The van der Waals surface area contributed by atoms with Crippen LogP contribution in [0, 0.1) is 0 Å². The van der Waals surface area contributed by atoms with Gasteiger partial charge in [0.25, 0.3) is 0 Å². The van der Waals surface area contributed by atoms with Crippen LogP contribution in [-0.4, -0.2) is 19.2 Å². The van der Waals surface area contributed by atoms with Crippen LogP contribution >= 0.6 is 0 Å². The second-order valence-electron chi connectivity index (χ2n) is 9.98. The van der Waals surface area contributed by atoms with Gasteiger partial charge < -0.3 is 19.4 Å². The van der Waals surface area contributed by atoms with Gasteiger partial charge in [-0.05, 0) is 65.4 Å². The largest absolute Gasteiger partial charge is 0.545 e. The van der Waals surface area contributed by atoms with Crippen LogP contribution in [0.2, 0.25) is 0 Å². The third-order valence-electron chi connectivity index (χ3n) is 6.88. The van der Waals surface area contributed by atoms with Gasteiger partial charge in [0.1, 0.15) is 11.5 Å². The molecule has 0 aliphatic heterocycles. The summed E-state index contributed by atoms with van der Waals surface area (Å²) in [6.07, 6.45) is 13.3. The van der Waals surface area contributed by atoms with E-state index in [4.69, 9.17) is 9.47 Å². The minimum atomic E-state index is -1.19. The Kier molecular flexibility index (Phi) is 12.8. The van der Waals surface area contributed by atoms with Gasteiger partial charge in [-0.1, -0.05) is 108 Å². The molecule has 3 aromatic rings. The van der Waals surface area contributed by atoms with Crippen LogP contribution in [0.25, 0.3) is 22.3 Å². The number of hydrogen-bond donors (Lipinski definition) is 0. The average Bonchev–Trinajstić information content (AvgIpc) is 2.94. The van der Waals surface area contributed by atoms with Crippen LogP contribution in [0.5, 0.6) is 11.5 Å². The van der Waals surface area contributed by atoms with E-state index in [1.165, 1.54) is 51.4 Å². The van der Waals surface area contributed by atoms with E-state index >= 15 is 0 Å². The van der Waals surface area contributed by atoms with Crippen LogP contribution in [0.3, 0.4) is 0 Å². The summed E-state index contributed by atoms with van der Waals surface area (Å²) in [5.41, 5.74) is 3.74. The van der Waals surface area contributed by atoms with Gasteiger partial charge in [-0.3, -0.25) is 0 Å². The van der Waals surface area contributed by atoms with E-state index in [-0.39, 0.29) is 5.56 Å². The SMILES string of the molecule is CCCCCCCCOc1ccc(-c2ccc(-c3cc(OCCCCCCC)ccc3C(=O)[O-])cc2)cc1. The number of unbranched alkanes of at least 4 members (excludes halogenated alkanes) is 9. The van der Waals surface area contributed by atoms with Gasteiger partial charge in [0, 0.05) is 5.56 Å². The lowest BCUT2D eigenvalue weighted by Crippen LogP contribution is -2.23. The minimum absolute atomic E-state index is 0.167. The fourth-order valence-electron chi connectivity index (χ4n) is 4.58. The lowest BCUT2D eigenvalue weighted by atomic mass is 9.96. The molecule has 3 aromatic carbocycles. The quantitative estimate of drug-likeness (QED) is 0.159. The maximum Gasteiger partial charge on any atom is 0.119 e. The molecule has 0 saturated carbocycles. The van der Waals surface area contributed by atoms with E-state index in [0.29, 0.717) is 17.9 Å². The molecule has 0 fully saturated rings. The Hall–Kier alpha value is -3.27. The van der Waals surface area contributed by atoms with Crippen LogP contribution in [0.1, 0.15) is 94.8 Å². The van der Waals surface area contributed by atoms with Gasteiger partial charge in [-0.25, -0.2) is 0 Å². The molecule has 4 heteroatoms. The molecule has 204 valence electrons. The average molecular weight is 516 g/mol. The zero-order valence-electron chi connectivity index (χ0n) is 23.2. The molecule has 0 heterocycles. The number of rotatable bonds is 18. The van der Waals surface area contributed by atoms with Crippen molar-refractivity contribution in [1.82, 2.24) is 0 Å². The van der Waals surface area contributed by atoms with Crippen LogP contribution in [0.4, 0.5) is 0 Å². The maximum absolute atomic E-state index is 11.8. The molecule has 0 N–H and O–H groups in total. The topological polar surface area (TPSA) is 58.6 Å². The van der Waals surface area contributed by atoms with Crippen molar-refractivity contribution in [2.45, 2.75) is 84.5 Å². The zero-order valence-corrected chi connectivity index (χ0v) is 23.2. The predicted molar refractivity (Wildman–Crippen MR) is 155 cm³/mol. The summed E-state index contributed by atoms with van der Waals surface area (Å²) >= 11 is 0. The molecule has 38 heavy (non-hydrogen) atoms. The molecule has 0 aromatic heterocycles. The third kappa shape index (κ3) is 9.55. The molecule has 4 nitrogen and oxygen atoms in total. The fraction of sp³-hybridized carbons (Fsp3) is 0.441. The van der Waals surface area contributed by atoms with Crippen molar-refractivity contribution in [3.05, 3.63) is 72.3 Å². The first-order valence-electron chi connectivity index (χ1n) is 14.4. The number of hydrogen-bond acceptors (Lipinski definition) is 4. The van der Waals surface area contributed by atoms with E-state index in [1.807, 2.05) is 42.5 Å². The molecule has 0 spiro atoms. The second kappa shape index (κ2) is 16.5. The molecule has 0 aliphatic rings. The molecule has 3 rings (SSSR count). The van der Waals surface area contributed by atoms with Gasteiger partial charge in [0.05, 0.1) is 19.2 Å². The highest BCUT2D eigenvalue weighted by atomic mass is 16.5. The van der Waals surface area contributed by atoms with Crippen LogP contribution < -0.4 is 14.6 Å². The summed E-state index contributed by atoms with van der Waals surface area (Å²) in [6.45, 7) is 5.82. The van der Waals surface area contributed by atoms with Crippen molar-refractivity contribution >= 4 is 5.97 Å². The number of carboxylic acids is 1. The second-order valence-corrected chi connectivity index (χ2v) is 9.98. The van der Waals surface area contributed by atoms with Gasteiger partial charge in [-0.2, -0.15) is 0 Å². The maximum atomic E-state index is 11.8. The van der Waals surface area contributed by atoms with Crippen LogP contribution in [-0.2, 0) is 0 Å². The Morgan fingerprint density at radius 1 is 0.579 bits per heavy atom. The highest BCUT2D eigenvalue weighted by Gasteiger charge is 2.10.